The minimum Gasteiger partial charge on any atom is -0.531 e. The zero-order valence-corrected chi connectivity index (χ0v) is 15.5. The molecule has 0 bridgehead atoms. The first-order valence-corrected chi connectivity index (χ1v) is 9.49. The summed E-state index contributed by atoms with van der Waals surface area (Å²) < 4.78 is 5.30. The topological polar surface area (TPSA) is 82.3 Å². The van der Waals surface area contributed by atoms with E-state index in [1.54, 1.807) is 6.20 Å². The first-order chi connectivity index (χ1) is 13.6. The van der Waals surface area contributed by atoms with Gasteiger partial charge in [-0.1, -0.05) is 42.5 Å². The summed E-state index contributed by atoms with van der Waals surface area (Å²) in [5, 5.41) is 2.12. The predicted molar refractivity (Wildman–Crippen MR) is 110 cm³/mol. The molecule has 0 radical (unpaired) electrons. The second-order valence-corrected chi connectivity index (χ2v) is 7.17. The zero-order chi connectivity index (χ0) is 19.5. The Morgan fingerprint density at radius 3 is 2.68 bits per heavy atom. The van der Waals surface area contributed by atoms with Crippen molar-refractivity contribution in [1.82, 2.24) is 4.98 Å². The van der Waals surface area contributed by atoms with E-state index in [1.807, 2.05) is 54.7 Å². The number of carbonyl (C=O) groups is 2. The van der Waals surface area contributed by atoms with Gasteiger partial charge in [0, 0.05) is 37.2 Å². The summed E-state index contributed by atoms with van der Waals surface area (Å²) >= 11 is 0. The van der Waals surface area contributed by atoms with E-state index in [9.17, 15) is 9.59 Å². The van der Waals surface area contributed by atoms with Crippen molar-refractivity contribution in [2.75, 3.05) is 6.54 Å². The van der Waals surface area contributed by atoms with E-state index in [4.69, 9.17) is 10.4 Å². The van der Waals surface area contributed by atoms with Gasteiger partial charge in [0.15, 0.2) is 0 Å². The molecule has 28 heavy (non-hydrogen) atoms. The van der Waals surface area contributed by atoms with Gasteiger partial charge in [-0.3, -0.25) is 14.6 Å². The average Bonchev–Trinajstić information content (AvgIpc) is 3.15. The minimum absolute atomic E-state index is 0.0935. The van der Waals surface area contributed by atoms with Crippen LogP contribution in [0, 0.1) is 0 Å². The molecule has 1 fully saturated rings. The number of hydrogen-bond acceptors (Lipinski definition) is 5. The second-order valence-electron chi connectivity index (χ2n) is 7.17. The highest BCUT2D eigenvalue weighted by molar-refractivity contribution is 6.70. The average molecular weight is 372 g/mol. The highest BCUT2D eigenvalue weighted by Crippen LogP contribution is 2.21. The van der Waals surface area contributed by atoms with Gasteiger partial charge in [0.2, 0.25) is 0 Å². The molecule has 0 aliphatic carbocycles. The van der Waals surface area contributed by atoms with Crippen LogP contribution in [-0.2, 0) is 20.7 Å². The van der Waals surface area contributed by atoms with Gasteiger partial charge in [-0.05, 0) is 34.4 Å². The van der Waals surface area contributed by atoms with Crippen molar-refractivity contribution in [2.24, 2.45) is 5.73 Å². The molecule has 0 amide bonds. The van der Waals surface area contributed by atoms with Crippen LogP contribution in [0.3, 0.4) is 0 Å². The number of Topliss-reactive ketones (excluding diaryl/α,β-unsaturated/α-hetero) is 1. The molecule has 6 heteroatoms. The molecule has 1 aromatic heterocycles. The molecule has 140 valence electrons. The van der Waals surface area contributed by atoms with Crippen molar-refractivity contribution < 1.29 is 14.2 Å². The minimum atomic E-state index is -0.353. The normalized spacial score (nSPS) is 14.9. The van der Waals surface area contributed by atoms with Crippen LogP contribution in [-0.4, -0.2) is 30.2 Å². The Kier molecular flexibility index (Phi) is 5.22. The Labute approximate surface area is 164 Å². The van der Waals surface area contributed by atoms with Crippen LogP contribution in [0.2, 0.25) is 6.32 Å². The molecule has 3 aromatic rings. The summed E-state index contributed by atoms with van der Waals surface area (Å²) in [6, 6.07) is 15.6. The lowest BCUT2D eigenvalue weighted by atomic mass is 9.59. The van der Waals surface area contributed by atoms with Crippen molar-refractivity contribution in [2.45, 2.75) is 25.1 Å². The van der Waals surface area contributed by atoms with Gasteiger partial charge in [-0.25, -0.2) is 0 Å². The quantitative estimate of drug-likeness (QED) is 0.671. The van der Waals surface area contributed by atoms with Crippen molar-refractivity contribution in [3.05, 3.63) is 72.1 Å². The molecule has 0 saturated carbocycles. The molecule has 1 aliphatic heterocycles. The molecule has 1 atom stereocenters. The number of pyridine rings is 1. The van der Waals surface area contributed by atoms with Crippen LogP contribution in [0.1, 0.15) is 23.5 Å². The number of fused-ring (bicyclic) bond motifs is 1. The van der Waals surface area contributed by atoms with Gasteiger partial charge in [-0.2, -0.15) is 0 Å². The highest BCUT2D eigenvalue weighted by atomic mass is 16.5. The van der Waals surface area contributed by atoms with E-state index in [1.165, 1.54) is 0 Å². The Bertz CT molecular complexity index is 1020. The van der Waals surface area contributed by atoms with Crippen molar-refractivity contribution in [1.29, 1.82) is 0 Å². The monoisotopic (exact) mass is 372 g/mol. The fraction of sp³-hybridized carbons (Fsp3) is 0.227. The maximum atomic E-state index is 12.9. The van der Waals surface area contributed by atoms with Crippen LogP contribution in [0.4, 0.5) is 0 Å². The Hall–Kier alpha value is -2.99. The first kappa shape index (κ1) is 18.4. The van der Waals surface area contributed by atoms with Gasteiger partial charge in [0.25, 0.3) is 5.97 Å². The van der Waals surface area contributed by atoms with Crippen LogP contribution < -0.4 is 11.2 Å². The van der Waals surface area contributed by atoms with E-state index in [0.717, 1.165) is 27.4 Å². The number of ketones is 1. The van der Waals surface area contributed by atoms with Gasteiger partial charge in [-0.15, -0.1) is 0 Å². The lowest BCUT2D eigenvalue weighted by Crippen LogP contribution is -2.30. The number of aromatic nitrogens is 1. The molecule has 1 aliphatic rings. The number of nitrogens with two attached hydrogens (primary N) is 1. The van der Waals surface area contributed by atoms with Crippen LogP contribution in [0.5, 0.6) is 0 Å². The van der Waals surface area contributed by atoms with E-state index in [0.29, 0.717) is 19.2 Å². The van der Waals surface area contributed by atoms with Gasteiger partial charge in [0.05, 0.1) is 5.92 Å². The largest absolute Gasteiger partial charge is 0.531 e. The third kappa shape index (κ3) is 3.82. The standard InChI is InChI=1S/C22H21BN2O3/c24-13-20(16-3-5-19(6-4-16)23-9-7-22(27)28-23)21(26)12-15-1-2-18-14-25-10-8-17(18)11-15/h1-6,8,10-11,14,20H,7,9,12-13,24H2. The summed E-state index contributed by atoms with van der Waals surface area (Å²) in [7, 11) is 0. The third-order valence-corrected chi connectivity index (χ3v) is 5.30. The van der Waals surface area contributed by atoms with E-state index in [-0.39, 0.29) is 31.1 Å². The maximum absolute atomic E-state index is 12.9. The molecule has 4 rings (SSSR count). The third-order valence-electron chi connectivity index (χ3n) is 5.30. The summed E-state index contributed by atoms with van der Waals surface area (Å²) in [6.07, 6.45) is 5.06. The summed E-state index contributed by atoms with van der Waals surface area (Å²) in [5.41, 5.74) is 8.75. The predicted octanol–water partition coefficient (Wildman–Crippen LogP) is 2.23. The van der Waals surface area contributed by atoms with E-state index < -0.39 is 0 Å². The number of carbonyl (C=O) groups excluding carboxylic acids is 2. The molecule has 2 aromatic carbocycles. The molecule has 2 N–H and O–H groups in total. The van der Waals surface area contributed by atoms with Crippen molar-refractivity contribution in [3.8, 4) is 0 Å². The summed E-state index contributed by atoms with van der Waals surface area (Å²) in [5.74, 6) is -0.417. The number of hydrogen-bond donors (Lipinski definition) is 1. The second kappa shape index (κ2) is 7.94. The molecule has 2 heterocycles. The fourth-order valence-electron chi connectivity index (χ4n) is 3.72. The van der Waals surface area contributed by atoms with Gasteiger partial charge in [0.1, 0.15) is 5.78 Å². The first-order valence-electron chi connectivity index (χ1n) is 9.49. The zero-order valence-electron chi connectivity index (χ0n) is 15.5. The molecule has 5 nitrogen and oxygen atoms in total. The fourth-order valence-corrected chi connectivity index (χ4v) is 3.72. The molecular formula is C22H21BN2O3. The Balaban J connectivity index is 1.49. The Morgan fingerprint density at radius 1 is 1.14 bits per heavy atom. The maximum Gasteiger partial charge on any atom is 0.395 e. The van der Waals surface area contributed by atoms with Crippen molar-refractivity contribution in [3.63, 3.8) is 0 Å². The Morgan fingerprint density at radius 2 is 1.96 bits per heavy atom. The van der Waals surface area contributed by atoms with E-state index in [2.05, 4.69) is 4.98 Å². The summed E-state index contributed by atoms with van der Waals surface area (Å²) in [6.45, 7) is 0.0781. The van der Waals surface area contributed by atoms with Gasteiger partial charge >= 0.3 is 6.92 Å². The number of nitrogens with zero attached hydrogens (tertiary/aromatic N) is 1. The van der Waals surface area contributed by atoms with Crippen molar-refractivity contribution >= 4 is 34.9 Å². The molecule has 0 spiro atoms. The lowest BCUT2D eigenvalue weighted by molar-refractivity contribution is -0.132. The van der Waals surface area contributed by atoms with Crippen LogP contribution >= 0.6 is 0 Å². The number of rotatable bonds is 6. The van der Waals surface area contributed by atoms with Gasteiger partial charge < -0.3 is 10.4 Å². The SMILES string of the molecule is NCC(C(=O)Cc1ccc2cnccc2c1)c1ccc(B2CCC(=O)O2)cc1. The molecule has 1 unspecified atom stereocenters. The number of benzene rings is 2. The smallest absolute Gasteiger partial charge is 0.395 e. The van der Waals surface area contributed by atoms with Crippen LogP contribution in [0.15, 0.2) is 60.9 Å². The summed E-state index contributed by atoms with van der Waals surface area (Å²) in [4.78, 5) is 28.3. The van der Waals surface area contributed by atoms with E-state index >= 15 is 0 Å². The lowest BCUT2D eigenvalue weighted by Gasteiger charge is -2.15. The van der Waals surface area contributed by atoms with Crippen LogP contribution in [0.25, 0.3) is 10.8 Å². The molecule has 1 saturated heterocycles. The highest BCUT2D eigenvalue weighted by Gasteiger charge is 2.30. The molecular weight excluding hydrogens is 351 g/mol.